The number of rotatable bonds is 2. The molecule has 0 aromatic heterocycles. The molecule has 3 heteroatoms. The summed E-state index contributed by atoms with van der Waals surface area (Å²) in [5.41, 5.74) is 7.72. The van der Waals surface area contributed by atoms with Crippen molar-refractivity contribution in [2.75, 3.05) is 0 Å². The van der Waals surface area contributed by atoms with Crippen molar-refractivity contribution in [2.45, 2.75) is 6.54 Å². The van der Waals surface area contributed by atoms with E-state index in [2.05, 4.69) is 0 Å². The lowest BCUT2D eigenvalue weighted by molar-refractivity contribution is 0.584. The first-order valence-electron chi connectivity index (χ1n) is 4.95. The van der Waals surface area contributed by atoms with Crippen molar-refractivity contribution >= 4 is 0 Å². The predicted octanol–water partition coefficient (Wildman–Crippen LogP) is 3.09. The van der Waals surface area contributed by atoms with E-state index in [1.165, 1.54) is 12.1 Å². The van der Waals surface area contributed by atoms with Crippen LogP contribution < -0.4 is 5.73 Å². The average molecular weight is 219 g/mol. The maximum Gasteiger partial charge on any atom is 0.126 e. The van der Waals surface area contributed by atoms with Gasteiger partial charge in [0, 0.05) is 12.6 Å². The van der Waals surface area contributed by atoms with Crippen molar-refractivity contribution in [3.05, 3.63) is 59.7 Å². The number of halogens is 2. The standard InChI is InChI=1S/C13H11F2N/c14-11-5-10(6-12(15)7-11)13-4-2-1-3-9(13)8-16/h1-7H,8,16H2. The monoisotopic (exact) mass is 219 g/mol. The normalized spacial score (nSPS) is 10.4. The molecule has 0 amide bonds. The van der Waals surface area contributed by atoms with E-state index in [9.17, 15) is 8.78 Å². The summed E-state index contributed by atoms with van der Waals surface area (Å²) in [4.78, 5) is 0. The summed E-state index contributed by atoms with van der Waals surface area (Å²) in [6.45, 7) is 0.342. The Morgan fingerprint density at radius 2 is 1.56 bits per heavy atom. The highest BCUT2D eigenvalue weighted by Crippen LogP contribution is 2.24. The number of hydrogen-bond acceptors (Lipinski definition) is 1. The smallest absolute Gasteiger partial charge is 0.126 e. The second kappa shape index (κ2) is 4.41. The Bertz CT molecular complexity index is 489. The van der Waals surface area contributed by atoms with E-state index >= 15 is 0 Å². The summed E-state index contributed by atoms with van der Waals surface area (Å²) < 4.78 is 26.2. The largest absolute Gasteiger partial charge is 0.326 e. The molecule has 0 aliphatic heterocycles. The van der Waals surface area contributed by atoms with E-state index in [0.29, 0.717) is 12.1 Å². The van der Waals surface area contributed by atoms with Crippen LogP contribution in [0.1, 0.15) is 5.56 Å². The zero-order valence-electron chi connectivity index (χ0n) is 8.58. The molecular weight excluding hydrogens is 208 g/mol. The minimum Gasteiger partial charge on any atom is -0.326 e. The Balaban J connectivity index is 2.58. The van der Waals surface area contributed by atoms with E-state index < -0.39 is 11.6 Å². The second-order valence-corrected chi connectivity index (χ2v) is 3.52. The van der Waals surface area contributed by atoms with Crippen LogP contribution in [-0.2, 0) is 6.54 Å². The fraction of sp³-hybridized carbons (Fsp3) is 0.0769. The van der Waals surface area contributed by atoms with Gasteiger partial charge >= 0.3 is 0 Å². The first-order chi connectivity index (χ1) is 7.70. The number of nitrogens with two attached hydrogens (primary N) is 1. The number of benzene rings is 2. The van der Waals surface area contributed by atoms with Crippen LogP contribution in [0.5, 0.6) is 0 Å². The quantitative estimate of drug-likeness (QED) is 0.825. The van der Waals surface area contributed by atoms with Gasteiger partial charge in [0.25, 0.3) is 0 Å². The maximum atomic E-state index is 13.1. The van der Waals surface area contributed by atoms with Gasteiger partial charge in [-0.3, -0.25) is 0 Å². The van der Waals surface area contributed by atoms with E-state index in [-0.39, 0.29) is 0 Å². The third-order valence-corrected chi connectivity index (χ3v) is 2.41. The van der Waals surface area contributed by atoms with Gasteiger partial charge < -0.3 is 5.73 Å². The SMILES string of the molecule is NCc1ccccc1-c1cc(F)cc(F)c1. The molecule has 2 aromatic rings. The van der Waals surface area contributed by atoms with Crippen LogP contribution in [0.2, 0.25) is 0 Å². The molecule has 0 aliphatic carbocycles. The molecular formula is C13H11F2N. The van der Waals surface area contributed by atoms with Crippen molar-refractivity contribution in [3.63, 3.8) is 0 Å². The van der Waals surface area contributed by atoms with Crippen LogP contribution >= 0.6 is 0 Å². The molecule has 82 valence electrons. The van der Waals surface area contributed by atoms with Crippen molar-refractivity contribution < 1.29 is 8.78 Å². The minimum absolute atomic E-state index is 0.342. The van der Waals surface area contributed by atoms with Crippen molar-refractivity contribution in [1.82, 2.24) is 0 Å². The summed E-state index contributed by atoms with van der Waals surface area (Å²) >= 11 is 0. The Labute approximate surface area is 92.5 Å². The highest BCUT2D eigenvalue weighted by molar-refractivity contribution is 5.67. The van der Waals surface area contributed by atoms with E-state index in [1.54, 1.807) is 6.07 Å². The molecule has 0 spiro atoms. The zero-order valence-corrected chi connectivity index (χ0v) is 8.58. The third kappa shape index (κ3) is 2.09. The summed E-state index contributed by atoms with van der Waals surface area (Å²) in [6, 6.07) is 10.8. The topological polar surface area (TPSA) is 26.0 Å². The predicted molar refractivity (Wildman–Crippen MR) is 59.7 cm³/mol. The highest BCUT2D eigenvalue weighted by Gasteiger charge is 2.06. The molecule has 2 rings (SSSR count). The van der Waals surface area contributed by atoms with Crippen LogP contribution in [0.25, 0.3) is 11.1 Å². The van der Waals surface area contributed by atoms with Gasteiger partial charge in [0.2, 0.25) is 0 Å². The molecule has 2 aromatic carbocycles. The fourth-order valence-electron chi connectivity index (χ4n) is 1.69. The van der Waals surface area contributed by atoms with Gasteiger partial charge in [-0.2, -0.15) is 0 Å². The molecule has 1 nitrogen and oxygen atoms in total. The Hall–Kier alpha value is -1.74. The molecule has 0 unspecified atom stereocenters. The molecule has 2 N–H and O–H groups in total. The maximum absolute atomic E-state index is 13.1. The van der Waals surface area contributed by atoms with Crippen LogP contribution in [0, 0.1) is 11.6 Å². The molecule has 0 heterocycles. The van der Waals surface area contributed by atoms with Crippen molar-refractivity contribution in [3.8, 4) is 11.1 Å². The lowest BCUT2D eigenvalue weighted by atomic mass is 9.99. The van der Waals surface area contributed by atoms with Crippen LogP contribution in [0.15, 0.2) is 42.5 Å². The molecule has 0 fully saturated rings. The third-order valence-electron chi connectivity index (χ3n) is 2.41. The van der Waals surface area contributed by atoms with Gasteiger partial charge in [0.15, 0.2) is 0 Å². The van der Waals surface area contributed by atoms with Gasteiger partial charge in [-0.25, -0.2) is 8.78 Å². The summed E-state index contributed by atoms with van der Waals surface area (Å²) in [7, 11) is 0. The molecule has 0 aliphatic rings. The summed E-state index contributed by atoms with van der Waals surface area (Å²) in [5.74, 6) is -1.16. The van der Waals surface area contributed by atoms with Gasteiger partial charge in [0.1, 0.15) is 11.6 Å². The molecule has 0 radical (unpaired) electrons. The molecule has 0 saturated heterocycles. The van der Waals surface area contributed by atoms with Crippen molar-refractivity contribution in [1.29, 1.82) is 0 Å². The van der Waals surface area contributed by atoms with Crippen molar-refractivity contribution in [2.24, 2.45) is 5.73 Å². The van der Waals surface area contributed by atoms with Gasteiger partial charge in [-0.1, -0.05) is 24.3 Å². The fourth-order valence-corrected chi connectivity index (χ4v) is 1.69. The van der Waals surface area contributed by atoms with E-state index in [4.69, 9.17) is 5.73 Å². The molecule has 0 atom stereocenters. The molecule has 0 bridgehead atoms. The molecule has 0 saturated carbocycles. The van der Waals surface area contributed by atoms with Gasteiger partial charge in [0.05, 0.1) is 0 Å². The number of hydrogen-bond donors (Lipinski definition) is 1. The molecule has 16 heavy (non-hydrogen) atoms. The van der Waals surface area contributed by atoms with Gasteiger partial charge in [-0.05, 0) is 28.8 Å². The Kier molecular flexibility index (Phi) is 2.97. The highest BCUT2D eigenvalue weighted by atomic mass is 19.1. The lowest BCUT2D eigenvalue weighted by Crippen LogP contribution is -1.98. The first-order valence-corrected chi connectivity index (χ1v) is 4.95. The summed E-state index contributed by atoms with van der Waals surface area (Å²) in [5, 5.41) is 0. The van der Waals surface area contributed by atoms with Crippen LogP contribution in [0.4, 0.5) is 8.78 Å². The second-order valence-electron chi connectivity index (χ2n) is 3.52. The lowest BCUT2D eigenvalue weighted by Gasteiger charge is -2.07. The zero-order chi connectivity index (χ0) is 11.5. The Morgan fingerprint density at radius 3 is 2.19 bits per heavy atom. The van der Waals surface area contributed by atoms with Crippen LogP contribution in [-0.4, -0.2) is 0 Å². The van der Waals surface area contributed by atoms with Gasteiger partial charge in [-0.15, -0.1) is 0 Å². The van der Waals surface area contributed by atoms with E-state index in [0.717, 1.165) is 17.2 Å². The van der Waals surface area contributed by atoms with E-state index in [1.807, 2.05) is 18.2 Å². The summed E-state index contributed by atoms with van der Waals surface area (Å²) in [6.07, 6.45) is 0. The van der Waals surface area contributed by atoms with Crippen LogP contribution in [0.3, 0.4) is 0 Å². The average Bonchev–Trinajstić information content (AvgIpc) is 2.27. The Morgan fingerprint density at radius 1 is 0.938 bits per heavy atom. The minimum atomic E-state index is -0.582. The first kappa shape index (κ1) is 10.8.